The standard InChI is InChI=1S/C15H24N2O2/c1-3-15(12-4-6-13(18)7-5-12)17(2)11-14-10-16-8-9-19-14/h4-7,14-16,18H,3,8-11H2,1-2H3. The van der Waals surface area contributed by atoms with Crippen LogP contribution >= 0.6 is 0 Å². The normalized spacial score (nSPS) is 21.5. The smallest absolute Gasteiger partial charge is 0.115 e. The fraction of sp³-hybridized carbons (Fsp3) is 0.600. The molecule has 1 aromatic rings. The Kier molecular flexibility index (Phi) is 5.19. The second-order valence-electron chi connectivity index (χ2n) is 5.15. The number of nitrogens with one attached hydrogen (secondary N) is 1. The molecule has 1 fully saturated rings. The Bertz CT molecular complexity index is 374. The summed E-state index contributed by atoms with van der Waals surface area (Å²) in [5.41, 5.74) is 1.24. The van der Waals surface area contributed by atoms with Gasteiger partial charge in [0.2, 0.25) is 0 Å². The predicted molar refractivity (Wildman–Crippen MR) is 76.4 cm³/mol. The number of hydrogen-bond acceptors (Lipinski definition) is 4. The van der Waals surface area contributed by atoms with E-state index in [0.29, 0.717) is 11.8 Å². The molecular weight excluding hydrogens is 240 g/mol. The number of aromatic hydroxyl groups is 1. The molecule has 0 bridgehead atoms. The first kappa shape index (κ1) is 14.3. The molecule has 1 aliphatic rings. The Morgan fingerprint density at radius 2 is 2.16 bits per heavy atom. The van der Waals surface area contributed by atoms with Gasteiger partial charge in [0.05, 0.1) is 12.7 Å². The summed E-state index contributed by atoms with van der Waals surface area (Å²) in [5, 5.41) is 12.7. The van der Waals surface area contributed by atoms with Crippen LogP contribution < -0.4 is 5.32 Å². The van der Waals surface area contributed by atoms with E-state index in [-0.39, 0.29) is 6.10 Å². The zero-order valence-electron chi connectivity index (χ0n) is 11.8. The lowest BCUT2D eigenvalue weighted by Crippen LogP contribution is -2.45. The molecule has 2 atom stereocenters. The zero-order chi connectivity index (χ0) is 13.7. The van der Waals surface area contributed by atoms with Gasteiger partial charge in [0.25, 0.3) is 0 Å². The van der Waals surface area contributed by atoms with Gasteiger partial charge in [-0.15, -0.1) is 0 Å². The molecule has 106 valence electrons. The van der Waals surface area contributed by atoms with Gasteiger partial charge in [-0.1, -0.05) is 19.1 Å². The fourth-order valence-corrected chi connectivity index (χ4v) is 2.68. The van der Waals surface area contributed by atoms with Crippen molar-refractivity contribution < 1.29 is 9.84 Å². The summed E-state index contributed by atoms with van der Waals surface area (Å²) in [7, 11) is 2.14. The summed E-state index contributed by atoms with van der Waals surface area (Å²) in [6.07, 6.45) is 1.31. The Balaban J connectivity index is 1.97. The first-order valence-corrected chi connectivity index (χ1v) is 7.02. The van der Waals surface area contributed by atoms with Crippen molar-refractivity contribution in [1.29, 1.82) is 0 Å². The molecule has 0 radical (unpaired) electrons. The predicted octanol–water partition coefficient (Wildman–Crippen LogP) is 1.76. The van der Waals surface area contributed by atoms with Gasteiger partial charge in [0.15, 0.2) is 0 Å². The number of ether oxygens (including phenoxy) is 1. The maximum atomic E-state index is 9.37. The lowest BCUT2D eigenvalue weighted by Gasteiger charge is -2.33. The van der Waals surface area contributed by atoms with E-state index in [9.17, 15) is 5.11 Å². The molecule has 2 unspecified atom stereocenters. The van der Waals surface area contributed by atoms with Crippen molar-refractivity contribution in [2.24, 2.45) is 0 Å². The number of benzene rings is 1. The molecule has 0 spiro atoms. The van der Waals surface area contributed by atoms with Crippen LogP contribution in [-0.2, 0) is 4.74 Å². The monoisotopic (exact) mass is 264 g/mol. The molecule has 1 heterocycles. The molecule has 0 amide bonds. The fourth-order valence-electron chi connectivity index (χ4n) is 2.68. The Morgan fingerprint density at radius 3 is 2.74 bits per heavy atom. The van der Waals surface area contributed by atoms with E-state index in [1.54, 1.807) is 12.1 Å². The minimum absolute atomic E-state index is 0.268. The SMILES string of the molecule is CCC(c1ccc(O)cc1)N(C)CC1CNCCO1. The van der Waals surface area contributed by atoms with Crippen molar-refractivity contribution in [1.82, 2.24) is 10.2 Å². The van der Waals surface area contributed by atoms with Crippen LogP contribution in [0, 0.1) is 0 Å². The minimum atomic E-state index is 0.268. The maximum Gasteiger partial charge on any atom is 0.115 e. The first-order valence-electron chi connectivity index (χ1n) is 7.02. The summed E-state index contributed by atoms with van der Waals surface area (Å²) < 4.78 is 5.75. The molecule has 2 N–H and O–H groups in total. The highest BCUT2D eigenvalue weighted by molar-refractivity contribution is 5.28. The summed E-state index contributed by atoms with van der Waals surface area (Å²) in [6, 6.07) is 7.88. The Labute approximate surface area is 115 Å². The van der Waals surface area contributed by atoms with Crippen molar-refractivity contribution in [2.45, 2.75) is 25.5 Å². The van der Waals surface area contributed by atoms with E-state index in [1.165, 1.54) is 5.56 Å². The molecule has 0 aromatic heterocycles. The van der Waals surface area contributed by atoms with Crippen LogP contribution in [0.2, 0.25) is 0 Å². The van der Waals surface area contributed by atoms with E-state index in [4.69, 9.17) is 4.74 Å². The third kappa shape index (κ3) is 3.93. The lowest BCUT2D eigenvalue weighted by atomic mass is 10.0. The molecule has 1 aromatic carbocycles. The number of phenols is 1. The third-order valence-electron chi connectivity index (χ3n) is 3.69. The van der Waals surface area contributed by atoms with Gasteiger partial charge >= 0.3 is 0 Å². The number of phenolic OH excluding ortho intramolecular Hbond substituents is 1. The first-order chi connectivity index (χ1) is 9.20. The minimum Gasteiger partial charge on any atom is -0.508 e. The lowest BCUT2D eigenvalue weighted by molar-refractivity contribution is 0.00226. The average Bonchev–Trinajstić information content (AvgIpc) is 2.43. The Morgan fingerprint density at radius 1 is 1.42 bits per heavy atom. The molecule has 0 saturated carbocycles. The molecule has 4 heteroatoms. The second kappa shape index (κ2) is 6.89. The van der Waals surface area contributed by atoms with E-state index < -0.39 is 0 Å². The van der Waals surface area contributed by atoms with Crippen LogP contribution in [0.15, 0.2) is 24.3 Å². The van der Waals surface area contributed by atoms with Crippen LogP contribution in [0.5, 0.6) is 5.75 Å². The van der Waals surface area contributed by atoms with E-state index in [1.807, 2.05) is 12.1 Å². The molecule has 1 saturated heterocycles. The summed E-state index contributed by atoms with van der Waals surface area (Å²) >= 11 is 0. The topological polar surface area (TPSA) is 44.7 Å². The van der Waals surface area contributed by atoms with Gasteiger partial charge in [-0.25, -0.2) is 0 Å². The van der Waals surface area contributed by atoms with Crippen molar-refractivity contribution in [3.05, 3.63) is 29.8 Å². The summed E-state index contributed by atoms with van der Waals surface area (Å²) in [6.45, 7) is 5.79. The van der Waals surface area contributed by atoms with Crippen LogP contribution in [0.1, 0.15) is 24.9 Å². The van der Waals surface area contributed by atoms with Crippen molar-refractivity contribution >= 4 is 0 Å². The number of nitrogens with zero attached hydrogens (tertiary/aromatic N) is 1. The van der Waals surface area contributed by atoms with Gasteiger partial charge in [-0.2, -0.15) is 0 Å². The van der Waals surface area contributed by atoms with Gasteiger partial charge in [-0.05, 0) is 31.2 Å². The maximum absolute atomic E-state index is 9.37. The largest absolute Gasteiger partial charge is 0.508 e. The molecule has 4 nitrogen and oxygen atoms in total. The highest BCUT2D eigenvalue weighted by Gasteiger charge is 2.21. The summed E-state index contributed by atoms with van der Waals surface area (Å²) in [5.74, 6) is 0.320. The molecule has 2 rings (SSSR count). The van der Waals surface area contributed by atoms with Gasteiger partial charge in [0.1, 0.15) is 5.75 Å². The highest BCUT2D eigenvalue weighted by atomic mass is 16.5. The molecule has 0 aliphatic carbocycles. The molecular formula is C15H24N2O2. The number of morpholine rings is 1. The quantitative estimate of drug-likeness (QED) is 0.850. The van der Waals surface area contributed by atoms with E-state index >= 15 is 0 Å². The van der Waals surface area contributed by atoms with Crippen molar-refractivity contribution in [2.75, 3.05) is 33.3 Å². The van der Waals surface area contributed by atoms with Crippen molar-refractivity contribution in [3.63, 3.8) is 0 Å². The van der Waals surface area contributed by atoms with Gasteiger partial charge < -0.3 is 15.2 Å². The molecule has 19 heavy (non-hydrogen) atoms. The van der Waals surface area contributed by atoms with Crippen LogP contribution in [0.4, 0.5) is 0 Å². The summed E-state index contributed by atoms with van der Waals surface area (Å²) in [4.78, 5) is 2.34. The van der Waals surface area contributed by atoms with E-state index in [2.05, 4.69) is 24.2 Å². The van der Waals surface area contributed by atoms with Gasteiger partial charge in [0, 0.05) is 25.7 Å². The second-order valence-corrected chi connectivity index (χ2v) is 5.15. The average molecular weight is 264 g/mol. The highest BCUT2D eigenvalue weighted by Crippen LogP contribution is 2.25. The third-order valence-corrected chi connectivity index (χ3v) is 3.69. The van der Waals surface area contributed by atoms with Crippen LogP contribution in [0.25, 0.3) is 0 Å². The van der Waals surface area contributed by atoms with Crippen LogP contribution in [0.3, 0.4) is 0 Å². The van der Waals surface area contributed by atoms with Crippen LogP contribution in [-0.4, -0.2) is 49.4 Å². The molecule has 1 aliphatic heterocycles. The van der Waals surface area contributed by atoms with Gasteiger partial charge in [-0.3, -0.25) is 4.90 Å². The zero-order valence-corrected chi connectivity index (χ0v) is 11.8. The van der Waals surface area contributed by atoms with Crippen molar-refractivity contribution in [3.8, 4) is 5.75 Å². The Hall–Kier alpha value is -1.10. The number of rotatable bonds is 5. The number of hydrogen-bond donors (Lipinski definition) is 2. The number of likely N-dealkylation sites (N-methyl/N-ethyl adjacent to an activating group) is 1. The van der Waals surface area contributed by atoms with E-state index in [0.717, 1.165) is 32.7 Å².